The van der Waals surface area contributed by atoms with Crippen LogP contribution in [0, 0.1) is 0 Å². The lowest BCUT2D eigenvalue weighted by molar-refractivity contribution is -0.351. The summed E-state index contributed by atoms with van der Waals surface area (Å²) >= 11 is 20.1. The zero-order valence-corrected chi connectivity index (χ0v) is 62.4. The number of carbonyl (C=O) groups excluding carboxylic acids is 6. The fourth-order valence-electron chi connectivity index (χ4n) is 9.42. The van der Waals surface area contributed by atoms with Crippen LogP contribution in [0.3, 0.4) is 0 Å². The van der Waals surface area contributed by atoms with Gasteiger partial charge in [-0.25, -0.2) is 0 Å². The fraction of sp³-hybridized carbons (Fsp3) is 0.538. The minimum absolute atomic E-state index is 0.0457. The Balaban J connectivity index is 1.08. The van der Waals surface area contributed by atoms with E-state index in [-0.39, 0.29) is 67.0 Å². The number of aliphatic hydroxyl groups excluding tert-OH is 2. The van der Waals surface area contributed by atoms with Crippen molar-refractivity contribution in [1.29, 1.82) is 0 Å². The van der Waals surface area contributed by atoms with E-state index >= 15 is 0 Å². The molecule has 0 radical (unpaired) electrons. The molecule has 12 atom stereocenters. The zero-order chi connectivity index (χ0) is 68.5. The lowest BCUT2D eigenvalue weighted by atomic mass is 9.96. The Morgan fingerprint density at radius 3 is 1.11 bits per heavy atom. The van der Waals surface area contributed by atoms with Crippen LogP contribution in [0.4, 0.5) is 0 Å². The van der Waals surface area contributed by atoms with E-state index in [9.17, 15) is 39.0 Å². The van der Waals surface area contributed by atoms with Gasteiger partial charge in [-0.2, -0.15) is 0 Å². The summed E-state index contributed by atoms with van der Waals surface area (Å²) in [4.78, 5) is 79.8. The summed E-state index contributed by atoms with van der Waals surface area (Å²) in [7, 11) is 0. The molecule has 2 N–H and O–H groups in total. The zero-order valence-electron chi connectivity index (χ0n) is 52.9. The van der Waals surface area contributed by atoms with E-state index in [1.54, 1.807) is 168 Å². The molecule has 4 aliphatic heterocycles. The molecule has 0 aliphatic carbocycles. The van der Waals surface area contributed by atoms with E-state index in [2.05, 4.69) is 95.6 Å². The Morgan fingerprint density at radius 2 is 0.774 bits per heavy atom. The first kappa shape index (κ1) is 74.6. The first-order chi connectivity index (χ1) is 43.2. The summed E-state index contributed by atoms with van der Waals surface area (Å²) < 4.78 is 79.8. The third kappa shape index (κ3) is 19.2. The third-order valence-corrected chi connectivity index (χ3v) is 16.6. The molecule has 4 saturated heterocycles. The number of esters is 6. The molecule has 4 aliphatic rings. The summed E-state index contributed by atoms with van der Waals surface area (Å²) in [5.74, 6) is -3.40. The van der Waals surface area contributed by atoms with E-state index in [1.165, 1.54) is 0 Å². The molecule has 4 aromatic carbocycles. The molecule has 0 aromatic heterocycles. The van der Waals surface area contributed by atoms with Crippen molar-refractivity contribution in [2.45, 2.75) is 203 Å². The van der Waals surface area contributed by atoms with E-state index in [0.717, 1.165) is 0 Å². The first-order valence-corrected chi connectivity index (χ1v) is 34.2. The molecule has 508 valence electrons. The molecule has 93 heavy (non-hydrogen) atoms. The summed E-state index contributed by atoms with van der Waals surface area (Å²) in [6.07, 6.45) is -16.2. The average Bonchev–Trinajstić information content (AvgIpc) is 0.792. The average molecular weight is 1690 g/mol. The standard InChI is InChI=1S/C65H74Br6O22/c1-60(2,66)54(74)82-28-34-17-13-15-19-38(34)84-52-48(92-58(78)64(9,10)70)44(72)46-42(86-52)30-80-50(90-46)36-26-32(21-23-40(36)88-56(76)62(5,6)68)25-33-22-24-41(89-57(77)63(7,8)69)37(27-33)51-81-31-43-47(91-51)45(73)49(93-59(79)65(11,12)71)53(87-43)85-39-20-16-14-18-35(39)29-83-55(75)61(3,4)67/h13-24,26-27,42-53,72-73H,25,28-31H2,1-12H3/t42-,43-,44+,45+,46-,47-,48-,49-,50-,51-,52-,53-/m1/s1. The van der Waals surface area contributed by atoms with Crippen molar-refractivity contribution in [3.8, 4) is 23.0 Å². The molecule has 0 saturated carbocycles. The molecule has 4 aromatic rings. The summed E-state index contributed by atoms with van der Waals surface area (Å²) in [5.41, 5.74) is 2.56. The second-order valence-electron chi connectivity index (χ2n) is 25.5. The minimum Gasteiger partial charge on any atom is -0.460 e. The number of halogens is 6. The number of hydrogen-bond acceptors (Lipinski definition) is 22. The molecular formula is C65H74Br6O22. The molecule has 8 rings (SSSR count). The summed E-state index contributed by atoms with van der Waals surface area (Å²) in [6.45, 7) is 18.5. The van der Waals surface area contributed by atoms with Gasteiger partial charge in [0.05, 0.1) is 24.3 Å². The van der Waals surface area contributed by atoms with Gasteiger partial charge in [0.1, 0.15) is 98.8 Å². The number of benzene rings is 4. The van der Waals surface area contributed by atoms with Gasteiger partial charge in [0.15, 0.2) is 24.8 Å². The summed E-state index contributed by atoms with van der Waals surface area (Å²) in [5, 5.41) is 24.6. The van der Waals surface area contributed by atoms with Crippen LogP contribution >= 0.6 is 95.6 Å². The second-order valence-corrected chi connectivity index (χ2v) is 37.4. The number of carbonyl (C=O) groups is 6. The van der Waals surface area contributed by atoms with Gasteiger partial charge >= 0.3 is 35.8 Å². The van der Waals surface area contributed by atoms with Crippen molar-refractivity contribution >= 4 is 131 Å². The van der Waals surface area contributed by atoms with Gasteiger partial charge in [0.25, 0.3) is 0 Å². The summed E-state index contributed by atoms with van der Waals surface area (Å²) in [6, 6.07) is 23.4. The van der Waals surface area contributed by atoms with Crippen LogP contribution in [0.2, 0.25) is 0 Å². The molecule has 0 spiro atoms. The van der Waals surface area contributed by atoms with Crippen LogP contribution < -0.4 is 18.9 Å². The van der Waals surface area contributed by atoms with E-state index < -0.39 is 136 Å². The molecule has 28 heteroatoms. The van der Waals surface area contributed by atoms with Crippen molar-refractivity contribution in [1.82, 2.24) is 0 Å². The van der Waals surface area contributed by atoms with Gasteiger partial charge in [-0.05, 0) is 137 Å². The number of rotatable bonds is 22. The van der Waals surface area contributed by atoms with Crippen molar-refractivity contribution in [2.24, 2.45) is 0 Å². The molecule has 0 bridgehead atoms. The largest absolute Gasteiger partial charge is 0.460 e. The highest BCUT2D eigenvalue weighted by Gasteiger charge is 2.55. The van der Waals surface area contributed by atoms with Gasteiger partial charge in [-0.15, -0.1) is 0 Å². The van der Waals surface area contributed by atoms with Crippen molar-refractivity contribution in [2.75, 3.05) is 13.2 Å². The van der Waals surface area contributed by atoms with Gasteiger partial charge in [-0.3, -0.25) is 28.8 Å². The normalized spacial score (nSPS) is 25.2. The molecule has 0 unspecified atom stereocenters. The minimum atomic E-state index is -1.62. The molecule has 4 heterocycles. The number of fused-ring (bicyclic) bond motifs is 2. The quantitative estimate of drug-likeness (QED) is 0.0320. The highest BCUT2D eigenvalue weighted by molar-refractivity contribution is 9.11. The number of ether oxygens (including phenoxy) is 14. The number of alkyl halides is 6. The number of aliphatic hydroxyl groups is 2. The predicted molar refractivity (Wildman–Crippen MR) is 355 cm³/mol. The highest BCUT2D eigenvalue weighted by Crippen LogP contribution is 2.44. The SMILES string of the molecule is CC(C)(Br)C(=O)OCc1ccccc1O[C@@H]1O[C@@H]2CO[C@@H](c3cc(Cc4ccc(OC(=O)C(C)(C)Br)c([C@@H]5OC[C@H]6O[C@@H](Oc7ccccc7COC(=O)C(C)(C)Br)[C@H](OC(=O)C(C)(C)Br)[C@@H](O)[C@@H]6O5)c4)ccc3OC(=O)C(C)(C)Br)O[C@H]2[C@H](O)[C@H]1OC(=O)C(C)(C)Br. The lowest BCUT2D eigenvalue weighted by Crippen LogP contribution is -2.64. The van der Waals surface area contributed by atoms with Gasteiger partial charge in [0.2, 0.25) is 12.6 Å². The van der Waals surface area contributed by atoms with Crippen LogP contribution in [0.1, 0.15) is 129 Å². The van der Waals surface area contributed by atoms with Crippen molar-refractivity contribution in [3.63, 3.8) is 0 Å². The highest BCUT2D eigenvalue weighted by atomic mass is 79.9. The maximum Gasteiger partial charge on any atom is 0.327 e. The van der Waals surface area contributed by atoms with E-state index in [1.807, 2.05) is 0 Å². The molecule has 0 amide bonds. The maximum absolute atomic E-state index is 13.6. The first-order valence-electron chi connectivity index (χ1n) is 29.5. The van der Waals surface area contributed by atoms with Crippen LogP contribution in [0.25, 0.3) is 0 Å². The Kier molecular flexibility index (Phi) is 24.0. The molecule has 22 nitrogen and oxygen atoms in total. The van der Waals surface area contributed by atoms with Gasteiger partial charge < -0.3 is 76.5 Å². The van der Waals surface area contributed by atoms with Crippen molar-refractivity contribution < 1.29 is 105 Å². The topological polar surface area (TPSA) is 272 Å². The van der Waals surface area contributed by atoms with Crippen LogP contribution in [-0.4, -0.2) is 147 Å². The van der Waals surface area contributed by atoms with Crippen LogP contribution in [0.15, 0.2) is 84.9 Å². The predicted octanol–water partition coefficient (Wildman–Crippen LogP) is 11.2. The second kappa shape index (κ2) is 29.9. The van der Waals surface area contributed by atoms with Crippen LogP contribution in [-0.2, 0) is 95.8 Å². The Hall–Kier alpha value is -4.14. The van der Waals surface area contributed by atoms with Gasteiger partial charge in [0, 0.05) is 11.1 Å². The van der Waals surface area contributed by atoms with Crippen LogP contribution in [0.5, 0.6) is 23.0 Å². The number of hydrogen-bond donors (Lipinski definition) is 2. The fourth-order valence-corrected chi connectivity index (χ4v) is 10.00. The monoisotopic (exact) mass is 1680 g/mol. The molecular weight excluding hydrogens is 1610 g/mol. The lowest BCUT2D eigenvalue weighted by Gasteiger charge is -2.47. The third-order valence-electron chi connectivity index (χ3n) is 14.6. The maximum atomic E-state index is 13.6. The van der Waals surface area contributed by atoms with Gasteiger partial charge in [-0.1, -0.05) is 144 Å². The Labute approximate surface area is 589 Å². The van der Waals surface area contributed by atoms with E-state index in [0.29, 0.717) is 22.3 Å². The Bertz CT molecular complexity index is 3160. The Morgan fingerprint density at radius 1 is 0.441 bits per heavy atom. The van der Waals surface area contributed by atoms with E-state index in [4.69, 9.17) is 66.3 Å². The van der Waals surface area contributed by atoms with Crippen molar-refractivity contribution in [3.05, 3.63) is 118 Å². The molecule has 4 fully saturated rings. The number of para-hydroxylation sites is 2. The smallest absolute Gasteiger partial charge is 0.327 e.